The van der Waals surface area contributed by atoms with Crippen molar-refractivity contribution < 1.29 is 24.4 Å². The van der Waals surface area contributed by atoms with Crippen LogP contribution in [0.3, 0.4) is 0 Å². The molecule has 2 unspecified atom stereocenters. The molecular weight excluding hydrogens is 224 g/mol. The molecule has 0 saturated carbocycles. The van der Waals surface area contributed by atoms with Gasteiger partial charge in [0, 0.05) is 26.4 Å². The fourth-order valence-corrected chi connectivity index (χ4v) is 1.44. The Labute approximate surface area is 104 Å². The van der Waals surface area contributed by atoms with Gasteiger partial charge in [-0.15, -0.1) is 0 Å². The molecule has 0 aromatic carbocycles. The van der Waals surface area contributed by atoms with Crippen LogP contribution in [-0.4, -0.2) is 62.1 Å². The maximum absolute atomic E-state index is 8.94. The first-order valence-corrected chi connectivity index (χ1v) is 6.31. The fourth-order valence-electron chi connectivity index (χ4n) is 1.44. The number of aliphatic hydroxyl groups excluding tert-OH is 2. The first-order chi connectivity index (χ1) is 8.28. The lowest BCUT2D eigenvalue weighted by Gasteiger charge is -2.24. The molecule has 0 aliphatic rings. The lowest BCUT2D eigenvalue weighted by atomic mass is 10.2. The molecule has 5 heteroatoms. The van der Waals surface area contributed by atoms with E-state index >= 15 is 0 Å². The summed E-state index contributed by atoms with van der Waals surface area (Å²) in [5.74, 6) is 0. The molecule has 104 valence electrons. The molecule has 0 aliphatic carbocycles. The Morgan fingerprint density at radius 3 is 1.53 bits per heavy atom. The molecule has 0 rings (SSSR count). The Kier molecular flexibility index (Phi) is 12.1. The molecule has 0 saturated heterocycles. The van der Waals surface area contributed by atoms with E-state index < -0.39 is 0 Å². The van der Waals surface area contributed by atoms with Gasteiger partial charge in [-0.05, 0) is 26.7 Å². The van der Waals surface area contributed by atoms with Gasteiger partial charge in [0.2, 0.25) is 0 Å². The summed E-state index contributed by atoms with van der Waals surface area (Å²) in [6, 6.07) is 0. The van der Waals surface area contributed by atoms with Crippen molar-refractivity contribution in [2.45, 2.75) is 38.9 Å². The van der Waals surface area contributed by atoms with E-state index in [9.17, 15) is 0 Å². The Bertz CT molecular complexity index is 138. The average Bonchev–Trinajstić information content (AvgIpc) is 2.33. The van der Waals surface area contributed by atoms with Gasteiger partial charge in [-0.3, -0.25) is 0 Å². The normalized spacial score (nSPS) is 14.8. The lowest BCUT2D eigenvalue weighted by molar-refractivity contribution is -0.0951. The first kappa shape index (κ1) is 16.8. The summed E-state index contributed by atoms with van der Waals surface area (Å²) >= 11 is 0. The summed E-state index contributed by atoms with van der Waals surface area (Å²) in [6.45, 7) is 6.15. The predicted molar refractivity (Wildman–Crippen MR) is 65.1 cm³/mol. The van der Waals surface area contributed by atoms with Crippen molar-refractivity contribution in [1.29, 1.82) is 0 Å². The van der Waals surface area contributed by atoms with Crippen LogP contribution >= 0.6 is 0 Å². The zero-order valence-corrected chi connectivity index (χ0v) is 10.9. The maximum atomic E-state index is 8.94. The van der Waals surface area contributed by atoms with E-state index in [2.05, 4.69) is 0 Å². The Balaban J connectivity index is 4.02. The van der Waals surface area contributed by atoms with Crippen molar-refractivity contribution in [2.24, 2.45) is 0 Å². The molecule has 0 bridgehead atoms. The van der Waals surface area contributed by atoms with Crippen LogP contribution in [0.1, 0.15) is 26.7 Å². The van der Waals surface area contributed by atoms with Crippen molar-refractivity contribution in [2.75, 3.05) is 39.6 Å². The zero-order valence-electron chi connectivity index (χ0n) is 10.9. The summed E-state index contributed by atoms with van der Waals surface area (Å²) in [4.78, 5) is 0. The van der Waals surface area contributed by atoms with Crippen LogP contribution in [0.5, 0.6) is 0 Å². The monoisotopic (exact) mass is 250 g/mol. The minimum absolute atomic E-state index is 0.0677. The average molecular weight is 250 g/mol. The van der Waals surface area contributed by atoms with E-state index in [1.165, 1.54) is 0 Å². The van der Waals surface area contributed by atoms with Gasteiger partial charge in [-0.2, -0.15) is 0 Å². The molecule has 0 radical (unpaired) electrons. The summed E-state index contributed by atoms with van der Waals surface area (Å²) in [5, 5.41) is 17.9. The van der Waals surface area contributed by atoms with Gasteiger partial charge in [0.25, 0.3) is 0 Å². The second-order valence-corrected chi connectivity index (χ2v) is 3.72. The van der Waals surface area contributed by atoms with Gasteiger partial charge in [0.15, 0.2) is 0 Å². The molecule has 17 heavy (non-hydrogen) atoms. The van der Waals surface area contributed by atoms with Crippen LogP contribution in [0.15, 0.2) is 0 Å². The smallest absolute Gasteiger partial charge is 0.0835 e. The highest BCUT2D eigenvalue weighted by Gasteiger charge is 2.16. The molecule has 0 heterocycles. The number of hydrogen-bond donors (Lipinski definition) is 2. The second-order valence-electron chi connectivity index (χ2n) is 3.72. The van der Waals surface area contributed by atoms with Crippen molar-refractivity contribution in [3.8, 4) is 0 Å². The van der Waals surface area contributed by atoms with Gasteiger partial charge < -0.3 is 24.4 Å². The van der Waals surface area contributed by atoms with Gasteiger partial charge in [-0.25, -0.2) is 0 Å². The van der Waals surface area contributed by atoms with Crippen LogP contribution in [0.4, 0.5) is 0 Å². The van der Waals surface area contributed by atoms with Crippen LogP contribution in [-0.2, 0) is 14.2 Å². The Morgan fingerprint density at radius 1 is 0.824 bits per heavy atom. The molecule has 0 fully saturated rings. The summed E-state index contributed by atoms with van der Waals surface area (Å²) < 4.78 is 16.4. The van der Waals surface area contributed by atoms with Crippen LogP contribution < -0.4 is 0 Å². The third-order valence-electron chi connectivity index (χ3n) is 2.30. The van der Waals surface area contributed by atoms with E-state index in [1.807, 2.05) is 13.8 Å². The van der Waals surface area contributed by atoms with E-state index in [1.54, 1.807) is 0 Å². The maximum Gasteiger partial charge on any atom is 0.0835 e. The summed E-state index contributed by atoms with van der Waals surface area (Å²) in [6.07, 6.45) is 0.788. The highest BCUT2D eigenvalue weighted by atomic mass is 16.6. The molecule has 0 aromatic heterocycles. The summed E-state index contributed by atoms with van der Waals surface area (Å²) in [5.41, 5.74) is 0. The fraction of sp³-hybridized carbons (Fsp3) is 1.00. The first-order valence-electron chi connectivity index (χ1n) is 6.31. The van der Waals surface area contributed by atoms with E-state index in [4.69, 9.17) is 24.4 Å². The molecule has 2 atom stereocenters. The van der Waals surface area contributed by atoms with Crippen molar-refractivity contribution >= 4 is 0 Å². The summed E-state index contributed by atoms with van der Waals surface area (Å²) in [7, 11) is 0. The van der Waals surface area contributed by atoms with Crippen molar-refractivity contribution in [1.82, 2.24) is 0 Å². The number of ether oxygens (including phenoxy) is 3. The van der Waals surface area contributed by atoms with Crippen LogP contribution in [0, 0.1) is 0 Å². The number of hydrogen-bond acceptors (Lipinski definition) is 5. The largest absolute Gasteiger partial charge is 0.396 e. The third kappa shape index (κ3) is 9.50. The lowest BCUT2D eigenvalue weighted by Crippen LogP contribution is -2.31. The standard InChI is InChI=1S/C12H26O5/c1-3-15-9-11(5-7-13)17-12(6-8-14)10-16-4-2/h11-14H,3-10H2,1-2H3. The Morgan fingerprint density at radius 2 is 1.24 bits per heavy atom. The molecule has 2 N–H and O–H groups in total. The minimum atomic E-state index is -0.142. The van der Waals surface area contributed by atoms with Gasteiger partial charge in [-0.1, -0.05) is 0 Å². The number of rotatable bonds is 12. The quantitative estimate of drug-likeness (QED) is 0.530. The van der Waals surface area contributed by atoms with E-state index in [0.29, 0.717) is 39.3 Å². The van der Waals surface area contributed by atoms with Crippen LogP contribution in [0.2, 0.25) is 0 Å². The predicted octanol–water partition coefficient (Wildman–Crippen LogP) is 0.578. The Hall–Kier alpha value is -0.200. The topological polar surface area (TPSA) is 68.2 Å². The highest BCUT2D eigenvalue weighted by Crippen LogP contribution is 2.08. The van der Waals surface area contributed by atoms with Crippen molar-refractivity contribution in [3.63, 3.8) is 0 Å². The van der Waals surface area contributed by atoms with Gasteiger partial charge >= 0.3 is 0 Å². The van der Waals surface area contributed by atoms with Crippen LogP contribution in [0.25, 0.3) is 0 Å². The van der Waals surface area contributed by atoms with Gasteiger partial charge in [0.1, 0.15) is 0 Å². The molecule has 0 spiro atoms. The zero-order chi connectivity index (χ0) is 12.9. The second kappa shape index (κ2) is 12.3. The number of aliphatic hydroxyl groups is 2. The van der Waals surface area contributed by atoms with E-state index in [0.717, 1.165) is 0 Å². The highest BCUT2D eigenvalue weighted by molar-refractivity contribution is 4.63. The molecule has 0 aromatic rings. The third-order valence-corrected chi connectivity index (χ3v) is 2.30. The minimum Gasteiger partial charge on any atom is -0.396 e. The molecule has 0 aliphatic heterocycles. The SMILES string of the molecule is CCOCC(CCO)OC(CCO)COCC. The molecule has 0 amide bonds. The molecule has 5 nitrogen and oxygen atoms in total. The van der Waals surface area contributed by atoms with Crippen molar-refractivity contribution in [3.05, 3.63) is 0 Å². The van der Waals surface area contributed by atoms with E-state index in [-0.39, 0.29) is 25.4 Å². The van der Waals surface area contributed by atoms with Gasteiger partial charge in [0.05, 0.1) is 25.4 Å². The molecular formula is C12H26O5.